The van der Waals surface area contributed by atoms with E-state index in [1.165, 1.54) is 12.1 Å². The van der Waals surface area contributed by atoms with E-state index in [0.717, 1.165) is 0 Å². The highest BCUT2D eigenvalue weighted by molar-refractivity contribution is 9.10. The van der Waals surface area contributed by atoms with E-state index < -0.39 is 5.82 Å². The molecule has 0 amide bonds. The standard InChI is InChI=1S/C9H3BrCl2FN3/c10-4-1-2-6(13)5(3-4)7-14-8(11)16-9(12)15-7/h1-3H. The number of hydrogen-bond acceptors (Lipinski definition) is 3. The van der Waals surface area contributed by atoms with Gasteiger partial charge in [0.25, 0.3) is 0 Å². The molecule has 2 rings (SSSR count). The fraction of sp³-hybridized carbons (Fsp3) is 0. The number of halogens is 4. The van der Waals surface area contributed by atoms with Crippen LogP contribution in [-0.4, -0.2) is 15.0 Å². The van der Waals surface area contributed by atoms with Crippen molar-refractivity contribution in [2.75, 3.05) is 0 Å². The molecule has 1 aromatic heterocycles. The van der Waals surface area contributed by atoms with E-state index in [4.69, 9.17) is 23.2 Å². The Kier molecular flexibility index (Phi) is 3.37. The van der Waals surface area contributed by atoms with Crippen LogP contribution < -0.4 is 0 Å². The third-order valence-corrected chi connectivity index (χ3v) is 2.58. The molecule has 0 N–H and O–H groups in total. The maximum absolute atomic E-state index is 13.5. The second-order valence-corrected chi connectivity index (χ2v) is 4.41. The Hall–Kier alpha value is -0.780. The van der Waals surface area contributed by atoms with Crippen molar-refractivity contribution >= 4 is 39.1 Å². The van der Waals surface area contributed by atoms with Crippen LogP contribution in [0, 0.1) is 5.82 Å². The molecule has 0 aliphatic carbocycles. The first kappa shape index (κ1) is 11.7. The van der Waals surface area contributed by atoms with E-state index in [-0.39, 0.29) is 22.0 Å². The fourth-order valence-corrected chi connectivity index (χ4v) is 1.84. The van der Waals surface area contributed by atoms with Crippen molar-refractivity contribution in [1.82, 2.24) is 15.0 Å². The lowest BCUT2D eigenvalue weighted by Crippen LogP contribution is -1.95. The molecule has 0 unspecified atom stereocenters. The Morgan fingerprint density at radius 2 is 1.69 bits per heavy atom. The average Bonchev–Trinajstić information content (AvgIpc) is 2.20. The quantitative estimate of drug-likeness (QED) is 0.802. The monoisotopic (exact) mass is 321 g/mol. The molecule has 0 saturated heterocycles. The Balaban J connectivity index is 2.62. The molecule has 0 aliphatic rings. The summed E-state index contributed by atoms with van der Waals surface area (Å²) in [5.74, 6) is -0.356. The second-order valence-electron chi connectivity index (χ2n) is 2.82. The molecule has 0 atom stereocenters. The van der Waals surface area contributed by atoms with Gasteiger partial charge in [0.05, 0.1) is 5.56 Å². The first-order chi connectivity index (χ1) is 7.56. The summed E-state index contributed by atoms with van der Waals surface area (Å²) in [6, 6.07) is 4.41. The summed E-state index contributed by atoms with van der Waals surface area (Å²) in [6.45, 7) is 0. The predicted octanol–water partition coefficient (Wildman–Crippen LogP) is 3.75. The predicted molar refractivity (Wildman–Crippen MR) is 62.9 cm³/mol. The minimum Gasteiger partial charge on any atom is -0.206 e. The van der Waals surface area contributed by atoms with Crippen LogP contribution in [0.5, 0.6) is 0 Å². The van der Waals surface area contributed by atoms with Crippen LogP contribution in [0.1, 0.15) is 0 Å². The van der Waals surface area contributed by atoms with Crippen molar-refractivity contribution in [3.63, 3.8) is 0 Å². The van der Waals surface area contributed by atoms with Gasteiger partial charge in [-0.15, -0.1) is 0 Å². The molecule has 0 saturated carbocycles. The van der Waals surface area contributed by atoms with Crippen LogP contribution in [0.3, 0.4) is 0 Å². The molecule has 82 valence electrons. The molecule has 0 aliphatic heterocycles. The zero-order chi connectivity index (χ0) is 11.7. The summed E-state index contributed by atoms with van der Waals surface area (Å²) in [7, 11) is 0. The third kappa shape index (κ3) is 2.48. The van der Waals surface area contributed by atoms with Crippen molar-refractivity contribution in [3.05, 3.63) is 39.1 Å². The zero-order valence-corrected chi connectivity index (χ0v) is 10.7. The second kappa shape index (κ2) is 4.61. The summed E-state index contributed by atoms with van der Waals surface area (Å²) in [4.78, 5) is 11.2. The first-order valence-electron chi connectivity index (χ1n) is 4.09. The van der Waals surface area contributed by atoms with E-state index in [1.54, 1.807) is 6.07 Å². The summed E-state index contributed by atoms with van der Waals surface area (Å²) < 4.78 is 14.2. The van der Waals surface area contributed by atoms with E-state index in [1.807, 2.05) is 0 Å². The Labute approximate surface area is 109 Å². The van der Waals surface area contributed by atoms with Gasteiger partial charge in [-0.25, -0.2) is 4.39 Å². The van der Waals surface area contributed by atoms with E-state index in [2.05, 4.69) is 30.9 Å². The molecule has 2 aromatic rings. The topological polar surface area (TPSA) is 38.7 Å². The lowest BCUT2D eigenvalue weighted by Gasteiger charge is -2.02. The van der Waals surface area contributed by atoms with Crippen molar-refractivity contribution in [2.45, 2.75) is 0 Å². The normalized spacial score (nSPS) is 10.5. The van der Waals surface area contributed by atoms with Crippen molar-refractivity contribution in [1.29, 1.82) is 0 Å². The number of hydrogen-bond donors (Lipinski definition) is 0. The maximum atomic E-state index is 13.5. The van der Waals surface area contributed by atoms with Crippen LogP contribution in [-0.2, 0) is 0 Å². The van der Waals surface area contributed by atoms with Crippen LogP contribution >= 0.6 is 39.1 Å². The van der Waals surface area contributed by atoms with Gasteiger partial charge in [-0.3, -0.25) is 0 Å². The third-order valence-electron chi connectivity index (χ3n) is 1.75. The van der Waals surface area contributed by atoms with Gasteiger partial charge < -0.3 is 0 Å². The highest BCUT2D eigenvalue weighted by atomic mass is 79.9. The SMILES string of the molecule is Fc1ccc(Br)cc1-c1nc(Cl)nc(Cl)n1. The van der Waals surface area contributed by atoms with Crippen LogP contribution in [0.4, 0.5) is 4.39 Å². The summed E-state index contributed by atoms with van der Waals surface area (Å²) in [5.41, 5.74) is 0.209. The molecule has 3 nitrogen and oxygen atoms in total. The molecule has 1 heterocycles. The van der Waals surface area contributed by atoms with Crippen molar-refractivity contribution in [2.24, 2.45) is 0 Å². The Bertz CT molecular complexity index is 530. The van der Waals surface area contributed by atoms with Crippen LogP contribution in [0.2, 0.25) is 10.6 Å². The highest BCUT2D eigenvalue weighted by Gasteiger charge is 2.11. The van der Waals surface area contributed by atoms with Gasteiger partial charge in [0.15, 0.2) is 5.82 Å². The van der Waals surface area contributed by atoms with Crippen molar-refractivity contribution < 1.29 is 4.39 Å². The molecular formula is C9H3BrCl2FN3. The minimum absolute atomic E-state index is 0.0747. The molecule has 0 fully saturated rings. The number of nitrogens with zero attached hydrogens (tertiary/aromatic N) is 3. The van der Waals surface area contributed by atoms with Crippen molar-refractivity contribution in [3.8, 4) is 11.4 Å². The summed E-state index contributed by atoms with van der Waals surface area (Å²) in [6.07, 6.45) is 0. The number of benzene rings is 1. The molecular weight excluding hydrogens is 320 g/mol. The number of aromatic nitrogens is 3. The van der Waals surface area contributed by atoms with Gasteiger partial charge in [0, 0.05) is 4.47 Å². The molecule has 0 spiro atoms. The van der Waals surface area contributed by atoms with Gasteiger partial charge in [0.2, 0.25) is 10.6 Å². The molecule has 0 radical (unpaired) electrons. The van der Waals surface area contributed by atoms with Crippen LogP contribution in [0.15, 0.2) is 22.7 Å². The van der Waals surface area contributed by atoms with Crippen LogP contribution in [0.25, 0.3) is 11.4 Å². The average molecular weight is 323 g/mol. The van der Waals surface area contributed by atoms with Gasteiger partial charge in [-0.2, -0.15) is 15.0 Å². The zero-order valence-electron chi connectivity index (χ0n) is 7.59. The van der Waals surface area contributed by atoms with E-state index >= 15 is 0 Å². The van der Waals surface area contributed by atoms with E-state index in [9.17, 15) is 4.39 Å². The minimum atomic E-state index is -0.457. The molecule has 0 bridgehead atoms. The largest absolute Gasteiger partial charge is 0.227 e. The lowest BCUT2D eigenvalue weighted by molar-refractivity contribution is 0.629. The molecule has 16 heavy (non-hydrogen) atoms. The van der Waals surface area contributed by atoms with Gasteiger partial charge >= 0.3 is 0 Å². The van der Waals surface area contributed by atoms with Gasteiger partial charge in [0.1, 0.15) is 5.82 Å². The lowest BCUT2D eigenvalue weighted by atomic mass is 10.2. The number of rotatable bonds is 1. The van der Waals surface area contributed by atoms with Gasteiger partial charge in [-0.1, -0.05) is 15.9 Å². The highest BCUT2D eigenvalue weighted by Crippen LogP contribution is 2.24. The maximum Gasteiger partial charge on any atom is 0.227 e. The summed E-state index contributed by atoms with van der Waals surface area (Å²) >= 11 is 14.4. The first-order valence-corrected chi connectivity index (χ1v) is 5.63. The molecule has 1 aromatic carbocycles. The Morgan fingerprint density at radius 1 is 1.06 bits per heavy atom. The smallest absolute Gasteiger partial charge is 0.206 e. The summed E-state index contributed by atoms with van der Waals surface area (Å²) in [5, 5.41) is -0.149. The van der Waals surface area contributed by atoms with Gasteiger partial charge in [-0.05, 0) is 41.4 Å². The fourth-order valence-electron chi connectivity index (χ4n) is 1.12. The van der Waals surface area contributed by atoms with E-state index in [0.29, 0.717) is 4.47 Å². The Morgan fingerprint density at radius 3 is 2.31 bits per heavy atom. The molecule has 7 heteroatoms.